The second-order valence-electron chi connectivity index (χ2n) is 6.02. The molecule has 24 heavy (non-hydrogen) atoms. The molecule has 1 saturated heterocycles. The topological polar surface area (TPSA) is 76.3 Å². The molecule has 1 amide bonds. The van der Waals surface area contributed by atoms with Crippen LogP contribution >= 0.6 is 0 Å². The highest BCUT2D eigenvalue weighted by molar-refractivity contribution is 5.92. The van der Waals surface area contributed by atoms with Crippen molar-refractivity contribution in [1.29, 1.82) is 0 Å². The highest BCUT2D eigenvalue weighted by Gasteiger charge is 2.30. The molecule has 0 spiro atoms. The van der Waals surface area contributed by atoms with Crippen molar-refractivity contribution in [2.75, 3.05) is 6.54 Å². The zero-order valence-corrected chi connectivity index (χ0v) is 13.5. The second kappa shape index (κ2) is 5.99. The van der Waals surface area contributed by atoms with Crippen LogP contribution in [0.1, 0.15) is 47.2 Å². The van der Waals surface area contributed by atoms with Crippen molar-refractivity contribution in [2.24, 2.45) is 0 Å². The summed E-state index contributed by atoms with van der Waals surface area (Å²) in [7, 11) is 0. The average molecular weight is 322 g/mol. The predicted octanol–water partition coefficient (Wildman–Crippen LogP) is 2.20. The maximum atomic E-state index is 12.9. The van der Waals surface area contributed by atoms with E-state index in [1.165, 1.54) is 6.20 Å². The molecule has 3 aromatic rings. The Morgan fingerprint density at radius 3 is 3.00 bits per heavy atom. The van der Waals surface area contributed by atoms with E-state index in [9.17, 15) is 4.79 Å². The van der Waals surface area contributed by atoms with E-state index in [4.69, 9.17) is 4.98 Å². The summed E-state index contributed by atoms with van der Waals surface area (Å²) in [5.41, 5.74) is 3.11. The van der Waals surface area contributed by atoms with Gasteiger partial charge in [-0.3, -0.25) is 9.78 Å². The number of carbonyl (C=O) groups excluding carboxylic acids is 1. The number of aromatic nitrogens is 5. The van der Waals surface area contributed by atoms with Gasteiger partial charge in [-0.2, -0.15) is 5.10 Å². The molecule has 0 aromatic carbocycles. The minimum Gasteiger partial charge on any atom is -0.329 e. The first-order valence-corrected chi connectivity index (χ1v) is 8.12. The number of carbonyl (C=O) groups is 1. The molecular formula is C17H18N6O. The number of piperidine rings is 1. The second-order valence-corrected chi connectivity index (χ2v) is 6.02. The SMILES string of the molecule is Cc1cc([C@@H]2CCCCN2C(=O)c2cnccn2)nc2ccnn12. The van der Waals surface area contributed by atoms with E-state index in [0.29, 0.717) is 12.2 Å². The smallest absolute Gasteiger partial charge is 0.274 e. The molecule has 0 saturated carbocycles. The first-order chi connectivity index (χ1) is 11.7. The van der Waals surface area contributed by atoms with E-state index in [1.54, 1.807) is 23.1 Å². The van der Waals surface area contributed by atoms with Crippen molar-refractivity contribution >= 4 is 11.6 Å². The Labute approximate surface area is 139 Å². The van der Waals surface area contributed by atoms with Gasteiger partial charge in [0.15, 0.2) is 5.65 Å². The fourth-order valence-corrected chi connectivity index (χ4v) is 3.30. The molecule has 0 radical (unpaired) electrons. The van der Waals surface area contributed by atoms with Crippen LogP contribution in [0.2, 0.25) is 0 Å². The molecule has 7 nitrogen and oxygen atoms in total. The predicted molar refractivity (Wildman–Crippen MR) is 87.4 cm³/mol. The lowest BCUT2D eigenvalue weighted by atomic mass is 9.98. The van der Waals surface area contributed by atoms with Crippen molar-refractivity contribution in [2.45, 2.75) is 32.2 Å². The number of likely N-dealkylation sites (tertiary alicyclic amines) is 1. The summed E-state index contributed by atoms with van der Waals surface area (Å²) in [6, 6.07) is 3.87. The Morgan fingerprint density at radius 1 is 1.25 bits per heavy atom. The molecule has 1 aliphatic heterocycles. The molecule has 122 valence electrons. The van der Waals surface area contributed by atoms with Crippen molar-refractivity contribution in [3.63, 3.8) is 0 Å². The van der Waals surface area contributed by atoms with Gasteiger partial charge in [-0.1, -0.05) is 0 Å². The van der Waals surface area contributed by atoms with Gasteiger partial charge < -0.3 is 4.90 Å². The molecule has 0 unspecified atom stereocenters. The van der Waals surface area contributed by atoms with Crippen LogP contribution in [0.3, 0.4) is 0 Å². The van der Waals surface area contributed by atoms with Gasteiger partial charge in [-0.05, 0) is 32.3 Å². The molecule has 0 bridgehead atoms. The molecule has 7 heteroatoms. The molecule has 0 aliphatic carbocycles. The number of hydrogen-bond donors (Lipinski definition) is 0. The van der Waals surface area contributed by atoms with E-state index in [1.807, 2.05) is 24.0 Å². The van der Waals surface area contributed by atoms with E-state index in [-0.39, 0.29) is 11.9 Å². The van der Waals surface area contributed by atoms with Crippen LogP contribution in [0.25, 0.3) is 5.65 Å². The average Bonchev–Trinajstić information content (AvgIpc) is 3.11. The standard InChI is InChI=1S/C17H18N6O/c1-12-10-13(21-16-5-6-20-23(12)16)15-4-2-3-9-22(15)17(24)14-11-18-7-8-19-14/h5-8,10-11,15H,2-4,9H2,1H3/t15-/m0/s1. The van der Waals surface area contributed by atoms with E-state index in [0.717, 1.165) is 36.3 Å². The van der Waals surface area contributed by atoms with Crippen molar-refractivity contribution in [3.05, 3.63) is 54.0 Å². The minimum atomic E-state index is -0.0827. The zero-order chi connectivity index (χ0) is 16.5. The van der Waals surface area contributed by atoms with Crippen LogP contribution in [0.15, 0.2) is 36.9 Å². The summed E-state index contributed by atoms with van der Waals surface area (Å²) in [5, 5.41) is 4.26. The Balaban J connectivity index is 1.72. The van der Waals surface area contributed by atoms with Crippen LogP contribution < -0.4 is 0 Å². The summed E-state index contributed by atoms with van der Waals surface area (Å²) >= 11 is 0. The van der Waals surface area contributed by atoms with Crippen molar-refractivity contribution in [1.82, 2.24) is 29.5 Å². The highest BCUT2D eigenvalue weighted by atomic mass is 16.2. The lowest BCUT2D eigenvalue weighted by Gasteiger charge is -2.35. The maximum Gasteiger partial charge on any atom is 0.274 e. The number of amides is 1. The van der Waals surface area contributed by atoms with Gasteiger partial charge in [0.1, 0.15) is 5.69 Å². The van der Waals surface area contributed by atoms with Crippen LogP contribution in [0.5, 0.6) is 0 Å². The molecule has 1 fully saturated rings. The summed E-state index contributed by atoms with van der Waals surface area (Å²) in [6.45, 7) is 2.72. The third kappa shape index (κ3) is 2.51. The first-order valence-electron chi connectivity index (χ1n) is 8.12. The van der Waals surface area contributed by atoms with E-state index >= 15 is 0 Å². The Hall–Kier alpha value is -2.83. The number of aryl methyl sites for hydroxylation is 1. The lowest BCUT2D eigenvalue weighted by Crippen LogP contribution is -2.39. The zero-order valence-electron chi connectivity index (χ0n) is 13.5. The van der Waals surface area contributed by atoms with Crippen molar-refractivity contribution < 1.29 is 4.79 Å². The Kier molecular flexibility index (Phi) is 3.68. The van der Waals surface area contributed by atoms with Crippen LogP contribution in [-0.2, 0) is 0 Å². The summed E-state index contributed by atoms with van der Waals surface area (Å²) in [4.78, 5) is 27.6. The van der Waals surface area contributed by atoms with Gasteiger partial charge >= 0.3 is 0 Å². The molecule has 0 N–H and O–H groups in total. The quantitative estimate of drug-likeness (QED) is 0.723. The van der Waals surface area contributed by atoms with Crippen LogP contribution in [-0.4, -0.2) is 41.9 Å². The van der Waals surface area contributed by atoms with E-state index in [2.05, 4.69) is 15.1 Å². The summed E-state index contributed by atoms with van der Waals surface area (Å²) in [5.74, 6) is -0.0827. The number of hydrogen-bond acceptors (Lipinski definition) is 5. The number of rotatable bonds is 2. The van der Waals surface area contributed by atoms with Gasteiger partial charge in [0.2, 0.25) is 0 Å². The molecule has 1 aliphatic rings. The lowest BCUT2D eigenvalue weighted by molar-refractivity contribution is 0.0599. The molecule has 3 aromatic heterocycles. The highest BCUT2D eigenvalue weighted by Crippen LogP contribution is 2.31. The monoisotopic (exact) mass is 322 g/mol. The van der Waals surface area contributed by atoms with Crippen molar-refractivity contribution in [3.8, 4) is 0 Å². The molecule has 4 rings (SSSR count). The molecular weight excluding hydrogens is 304 g/mol. The van der Waals surface area contributed by atoms with E-state index < -0.39 is 0 Å². The van der Waals surface area contributed by atoms with Gasteiger partial charge in [0.05, 0.1) is 24.1 Å². The summed E-state index contributed by atoms with van der Waals surface area (Å²) in [6.07, 6.45) is 9.37. The third-order valence-electron chi connectivity index (χ3n) is 4.44. The summed E-state index contributed by atoms with van der Waals surface area (Å²) < 4.78 is 1.81. The molecule has 1 atom stereocenters. The van der Waals surface area contributed by atoms with Crippen LogP contribution in [0.4, 0.5) is 0 Å². The minimum absolute atomic E-state index is 0.0353. The van der Waals surface area contributed by atoms with Gasteiger partial charge in [-0.25, -0.2) is 14.5 Å². The fraction of sp³-hybridized carbons (Fsp3) is 0.353. The third-order valence-corrected chi connectivity index (χ3v) is 4.44. The van der Waals surface area contributed by atoms with Gasteiger partial charge in [-0.15, -0.1) is 0 Å². The Bertz CT molecular complexity index is 875. The van der Waals surface area contributed by atoms with Crippen LogP contribution in [0, 0.1) is 6.92 Å². The van der Waals surface area contributed by atoms with Gasteiger partial charge in [0.25, 0.3) is 5.91 Å². The molecule has 4 heterocycles. The largest absolute Gasteiger partial charge is 0.329 e. The normalized spacial score (nSPS) is 18.0. The number of nitrogens with zero attached hydrogens (tertiary/aromatic N) is 6. The Morgan fingerprint density at radius 2 is 2.17 bits per heavy atom. The number of fused-ring (bicyclic) bond motifs is 1. The van der Waals surface area contributed by atoms with Gasteiger partial charge in [0, 0.05) is 30.7 Å². The maximum absolute atomic E-state index is 12.9. The first kappa shape index (κ1) is 14.7. The fourth-order valence-electron chi connectivity index (χ4n) is 3.30.